The van der Waals surface area contributed by atoms with Gasteiger partial charge in [-0.05, 0) is 30.1 Å². The van der Waals surface area contributed by atoms with Crippen LogP contribution < -0.4 is 0 Å². The van der Waals surface area contributed by atoms with Crippen molar-refractivity contribution in [3.8, 4) is 0 Å². The molecule has 0 aromatic heterocycles. The SMILES string of the molecule is CC1(C)CCCC(C)(C)C1.Cl. The summed E-state index contributed by atoms with van der Waals surface area (Å²) < 4.78 is 0. The maximum absolute atomic E-state index is 2.40. The first kappa shape index (κ1) is 11.3. The summed E-state index contributed by atoms with van der Waals surface area (Å²) in [6.07, 6.45) is 5.69. The quantitative estimate of drug-likeness (QED) is 0.523. The molecule has 1 heteroatoms. The molecule has 0 spiro atoms. The van der Waals surface area contributed by atoms with E-state index in [2.05, 4.69) is 27.7 Å². The molecule has 0 bridgehead atoms. The van der Waals surface area contributed by atoms with Crippen LogP contribution in [0.15, 0.2) is 0 Å². The van der Waals surface area contributed by atoms with Crippen molar-refractivity contribution in [1.29, 1.82) is 0 Å². The molecular weight excluding hydrogens is 156 g/mol. The van der Waals surface area contributed by atoms with Crippen LogP contribution in [0.3, 0.4) is 0 Å². The molecule has 68 valence electrons. The second kappa shape index (κ2) is 3.35. The van der Waals surface area contributed by atoms with Crippen LogP contribution in [-0.4, -0.2) is 0 Å². The third kappa shape index (κ3) is 3.46. The van der Waals surface area contributed by atoms with Crippen molar-refractivity contribution in [2.75, 3.05) is 0 Å². The second-order valence-corrected chi connectivity index (χ2v) is 5.36. The summed E-state index contributed by atoms with van der Waals surface area (Å²) in [5.74, 6) is 0. The van der Waals surface area contributed by atoms with Crippen molar-refractivity contribution < 1.29 is 0 Å². The molecule has 0 atom stereocenters. The van der Waals surface area contributed by atoms with E-state index in [1.165, 1.54) is 25.7 Å². The minimum atomic E-state index is 0. The van der Waals surface area contributed by atoms with E-state index >= 15 is 0 Å². The summed E-state index contributed by atoms with van der Waals surface area (Å²) in [5, 5.41) is 0. The van der Waals surface area contributed by atoms with E-state index in [0.717, 1.165) is 0 Å². The normalized spacial score (nSPS) is 27.3. The van der Waals surface area contributed by atoms with E-state index in [0.29, 0.717) is 10.8 Å². The summed E-state index contributed by atoms with van der Waals surface area (Å²) in [6, 6.07) is 0. The summed E-state index contributed by atoms with van der Waals surface area (Å²) in [7, 11) is 0. The van der Waals surface area contributed by atoms with Crippen LogP contribution in [0, 0.1) is 10.8 Å². The lowest BCUT2D eigenvalue weighted by Gasteiger charge is -2.40. The Hall–Kier alpha value is 0.290. The highest BCUT2D eigenvalue weighted by Crippen LogP contribution is 2.45. The van der Waals surface area contributed by atoms with Crippen LogP contribution in [0.1, 0.15) is 53.4 Å². The van der Waals surface area contributed by atoms with E-state index in [1.54, 1.807) is 0 Å². The van der Waals surface area contributed by atoms with E-state index in [9.17, 15) is 0 Å². The second-order valence-electron chi connectivity index (χ2n) is 5.36. The van der Waals surface area contributed by atoms with Crippen LogP contribution in [0.2, 0.25) is 0 Å². The van der Waals surface area contributed by atoms with Crippen molar-refractivity contribution in [2.45, 2.75) is 53.4 Å². The molecule has 1 fully saturated rings. The Morgan fingerprint density at radius 1 is 0.818 bits per heavy atom. The first-order valence-electron chi connectivity index (χ1n) is 4.41. The highest BCUT2D eigenvalue weighted by atomic mass is 35.5. The van der Waals surface area contributed by atoms with E-state index < -0.39 is 0 Å². The Balaban J connectivity index is 0.000001000. The largest absolute Gasteiger partial charge is 0.147 e. The fourth-order valence-electron chi connectivity index (χ4n) is 2.52. The molecule has 0 N–H and O–H groups in total. The maximum Gasteiger partial charge on any atom is -0.0349 e. The molecule has 0 radical (unpaired) electrons. The van der Waals surface area contributed by atoms with Crippen molar-refractivity contribution in [3.63, 3.8) is 0 Å². The highest BCUT2D eigenvalue weighted by molar-refractivity contribution is 5.85. The standard InChI is InChI=1S/C10H20.ClH/c1-9(2)6-5-7-10(3,4)8-9;/h5-8H2,1-4H3;1H. The average molecular weight is 177 g/mol. The molecule has 1 saturated carbocycles. The van der Waals surface area contributed by atoms with Crippen molar-refractivity contribution in [2.24, 2.45) is 10.8 Å². The minimum absolute atomic E-state index is 0. The van der Waals surface area contributed by atoms with Crippen LogP contribution >= 0.6 is 12.4 Å². The Labute approximate surface area is 77.2 Å². The van der Waals surface area contributed by atoms with Gasteiger partial charge in [0.15, 0.2) is 0 Å². The zero-order valence-corrected chi connectivity index (χ0v) is 9.05. The lowest BCUT2D eigenvalue weighted by molar-refractivity contribution is 0.116. The summed E-state index contributed by atoms with van der Waals surface area (Å²) in [6.45, 7) is 9.59. The van der Waals surface area contributed by atoms with Gasteiger partial charge in [-0.25, -0.2) is 0 Å². The molecule has 0 saturated heterocycles. The van der Waals surface area contributed by atoms with Crippen molar-refractivity contribution in [1.82, 2.24) is 0 Å². The molecule has 0 heterocycles. The van der Waals surface area contributed by atoms with Gasteiger partial charge in [0.25, 0.3) is 0 Å². The molecular formula is C10H21Cl. The molecule has 11 heavy (non-hydrogen) atoms. The van der Waals surface area contributed by atoms with Crippen molar-refractivity contribution >= 4 is 12.4 Å². The third-order valence-corrected chi connectivity index (χ3v) is 2.66. The summed E-state index contributed by atoms with van der Waals surface area (Å²) >= 11 is 0. The Bertz CT molecular complexity index is 111. The number of hydrogen-bond donors (Lipinski definition) is 0. The maximum atomic E-state index is 2.40. The van der Waals surface area contributed by atoms with Gasteiger partial charge in [-0.3, -0.25) is 0 Å². The van der Waals surface area contributed by atoms with Gasteiger partial charge in [-0.15, -0.1) is 12.4 Å². The Morgan fingerprint density at radius 2 is 1.18 bits per heavy atom. The van der Waals surface area contributed by atoms with E-state index in [-0.39, 0.29) is 12.4 Å². The molecule has 0 nitrogen and oxygen atoms in total. The van der Waals surface area contributed by atoms with Gasteiger partial charge < -0.3 is 0 Å². The van der Waals surface area contributed by atoms with Gasteiger partial charge >= 0.3 is 0 Å². The topological polar surface area (TPSA) is 0 Å². The van der Waals surface area contributed by atoms with E-state index in [1.807, 2.05) is 0 Å². The van der Waals surface area contributed by atoms with Gasteiger partial charge in [0.2, 0.25) is 0 Å². The molecule has 1 aliphatic carbocycles. The van der Waals surface area contributed by atoms with Gasteiger partial charge in [0, 0.05) is 0 Å². The summed E-state index contributed by atoms with van der Waals surface area (Å²) in [4.78, 5) is 0. The third-order valence-electron chi connectivity index (χ3n) is 2.66. The minimum Gasteiger partial charge on any atom is -0.147 e. The van der Waals surface area contributed by atoms with Gasteiger partial charge in [0.1, 0.15) is 0 Å². The van der Waals surface area contributed by atoms with Crippen LogP contribution in [0.5, 0.6) is 0 Å². The zero-order valence-electron chi connectivity index (χ0n) is 8.24. The smallest absolute Gasteiger partial charge is 0.0349 e. The molecule has 0 aromatic carbocycles. The monoisotopic (exact) mass is 176 g/mol. The summed E-state index contributed by atoms with van der Waals surface area (Å²) in [5.41, 5.74) is 1.23. The van der Waals surface area contributed by atoms with Crippen LogP contribution in [-0.2, 0) is 0 Å². The molecule has 0 amide bonds. The first-order valence-corrected chi connectivity index (χ1v) is 4.41. The molecule has 0 aromatic rings. The van der Waals surface area contributed by atoms with Crippen LogP contribution in [0.4, 0.5) is 0 Å². The fraction of sp³-hybridized carbons (Fsp3) is 1.00. The van der Waals surface area contributed by atoms with Crippen LogP contribution in [0.25, 0.3) is 0 Å². The molecule has 1 aliphatic rings. The Kier molecular flexibility index (Phi) is 3.43. The zero-order chi connectivity index (χ0) is 7.83. The average Bonchev–Trinajstić information content (AvgIpc) is 1.56. The van der Waals surface area contributed by atoms with Gasteiger partial charge in [0.05, 0.1) is 0 Å². The lowest BCUT2D eigenvalue weighted by Crippen LogP contribution is -2.28. The van der Waals surface area contributed by atoms with Gasteiger partial charge in [-0.1, -0.05) is 34.1 Å². The lowest BCUT2D eigenvalue weighted by atomic mass is 9.65. The van der Waals surface area contributed by atoms with E-state index in [4.69, 9.17) is 0 Å². The predicted molar refractivity (Wildman–Crippen MR) is 53.3 cm³/mol. The fourth-order valence-corrected chi connectivity index (χ4v) is 2.52. The number of rotatable bonds is 0. The first-order chi connectivity index (χ1) is 4.41. The number of halogens is 1. The number of hydrogen-bond acceptors (Lipinski definition) is 0. The predicted octanol–water partition coefficient (Wildman–Crippen LogP) is 4.03. The molecule has 0 unspecified atom stereocenters. The van der Waals surface area contributed by atoms with Gasteiger partial charge in [-0.2, -0.15) is 0 Å². The molecule has 0 aliphatic heterocycles. The Morgan fingerprint density at radius 3 is 1.36 bits per heavy atom. The highest BCUT2D eigenvalue weighted by Gasteiger charge is 2.32. The van der Waals surface area contributed by atoms with Crippen molar-refractivity contribution in [3.05, 3.63) is 0 Å². The molecule has 1 rings (SSSR count).